The Kier molecular flexibility index (Phi) is 5.31. The van der Waals surface area contributed by atoms with Crippen molar-refractivity contribution in [2.45, 2.75) is 18.6 Å². The number of carbonyl (C=O) groups is 1. The fraction of sp³-hybridized carbons (Fsp3) is 0.417. The van der Waals surface area contributed by atoms with Crippen LogP contribution in [-0.4, -0.2) is 24.2 Å². The van der Waals surface area contributed by atoms with E-state index in [1.165, 1.54) is 12.1 Å². The van der Waals surface area contributed by atoms with E-state index < -0.39 is 23.7 Å². The van der Waals surface area contributed by atoms with Gasteiger partial charge < -0.3 is 16.2 Å². The molecule has 0 heterocycles. The summed E-state index contributed by atoms with van der Waals surface area (Å²) in [6, 6.07) is 3.76. The second-order valence-electron chi connectivity index (χ2n) is 4.01. The molecule has 0 aliphatic rings. The molecule has 1 rings (SSSR count). The van der Waals surface area contributed by atoms with E-state index in [-0.39, 0.29) is 25.1 Å². The van der Waals surface area contributed by atoms with E-state index in [0.717, 1.165) is 12.1 Å². The van der Waals surface area contributed by atoms with Crippen molar-refractivity contribution in [1.82, 2.24) is 5.32 Å². The van der Waals surface area contributed by atoms with Crippen molar-refractivity contribution < 1.29 is 23.1 Å². The predicted molar refractivity (Wildman–Crippen MR) is 63.1 cm³/mol. The second-order valence-corrected chi connectivity index (χ2v) is 4.01. The topological polar surface area (TPSA) is 75.4 Å². The van der Waals surface area contributed by atoms with Gasteiger partial charge in [-0.2, -0.15) is 13.2 Å². The van der Waals surface area contributed by atoms with Gasteiger partial charge in [-0.15, -0.1) is 0 Å². The van der Waals surface area contributed by atoms with Crippen molar-refractivity contribution in [3.63, 3.8) is 0 Å². The lowest BCUT2D eigenvalue weighted by Gasteiger charge is -2.14. The molecule has 0 aliphatic carbocycles. The Morgan fingerprint density at radius 1 is 1.42 bits per heavy atom. The number of rotatable bonds is 5. The number of halogens is 3. The first-order valence-electron chi connectivity index (χ1n) is 5.65. The molecule has 1 atom stereocenters. The molecule has 0 aromatic heterocycles. The van der Waals surface area contributed by atoms with Crippen LogP contribution in [0.1, 0.15) is 23.6 Å². The average molecular weight is 276 g/mol. The Balaban J connectivity index is 2.72. The molecule has 1 aromatic rings. The summed E-state index contributed by atoms with van der Waals surface area (Å²) in [6.45, 7) is -0.112. The van der Waals surface area contributed by atoms with Gasteiger partial charge in [0, 0.05) is 19.0 Å². The number of hydrogen-bond donors (Lipinski definition) is 3. The summed E-state index contributed by atoms with van der Waals surface area (Å²) in [5, 5.41) is 10.9. The van der Waals surface area contributed by atoms with Crippen molar-refractivity contribution >= 4 is 5.91 Å². The largest absolute Gasteiger partial charge is 0.416 e. The van der Waals surface area contributed by atoms with Crippen molar-refractivity contribution in [2.75, 3.05) is 13.2 Å². The molecule has 0 saturated carbocycles. The number of amides is 1. The van der Waals surface area contributed by atoms with Crippen LogP contribution < -0.4 is 11.1 Å². The van der Waals surface area contributed by atoms with Gasteiger partial charge in [0.1, 0.15) is 0 Å². The van der Waals surface area contributed by atoms with Crippen molar-refractivity contribution in [3.8, 4) is 0 Å². The standard InChI is InChI=1S/C12H15F3N2O2/c13-12(14,15)9-3-1-2-8(6-9)10(16)7-11(19)17-4-5-18/h1-3,6,10,18H,4-5,7,16H2,(H,17,19). The van der Waals surface area contributed by atoms with Crippen molar-refractivity contribution in [2.24, 2.45) is 5.73 Å². The molecule has 7 heteroatoms. The molecule has 0 saturated heterocycles. The number of aliphatic hydroxyl groups excluding tert-OH is 1. The van der Waals surface area contributed by atoms with E-state index in [1.807, 2.05) is 0 Å². The number of nitrogens with one attached hydrogen (secondary N) is 1. The summed E-state index contributed by atoms with van der Waals surface area (Å²) in [4.78, 5) is 11.3. The number of nitrogens with two attached hydrogens (primary N) is 1. The van der Waals surface area contributed by atoms with Gasteiger partial charge in [0.25, 0.3) is 0 Å². The predicted octanol–water partition coefficient (Wildman–Crippen LogP) is 1.20. The number of alkyl halides is 3. The number of hydrogen-bond acceptors (Lipinski definition) is 3. The number of aliphatic hydroxyl groups is 1. The van der Waals surface area contributed by atoms with E-state index in [9.17, 15) is 18.0 Å². The fourth-order valence-electron chi connectivity index (χ4n) is 1.53. The van der Waals surface area contributed by atoms with Crippen LogP contribution in [0.3, 0.4) is 0 Å². The van der Waals surface area contributed by atoms with E-state index >= 15 is 0 Å². The fourth-order valence-corrected chi connectivity index (χ4v) is 1.53. The molecule has 1 amide bonds. The van der Waals surface area contributed by atoms with Crippen LogP contribution in [0.5, 0.6) is 0 Å². The Bertz CT molecular complexity index is 435. The maximum absolute atomic E-state index is 12.5. The molecule has 1 aromatic carbocycles. The molecule has 0 radical (unpaired) electrons. The van der Waals surface area contributed by atoms with Gasteiger partial charge in [0.05, 0.1) is 12.2 Å². The third kappa shape index (κ3) is 4.88. The van der Waals surface area contributed by atoms with Gasteiger partial charge in [0.2, 0.25) is 5.91 Å². The van der Waals surface area contributed by atoms with Crippen LogP contribution in [0.15, 0.2) is 24.3 Å². The molecule has 4 nitrogen and oxygen atoms in total. The minimum atomic E-state index is -4.44. The first-order valence-corrected chi connectivity index (χ1v) is 5.65. The van der Waals surface area contributed by atoms with Gasteiger partial charge in [-0.25, -0.2) is 0 Å². The minimum Gasteiger partial charge on any atom is -0.395 e. The van der Waals surface area contributed by atoms with Crippen LogP contribution in [0, 0.1) is 0 Å². The van der Waals surface area contributed by atoms with Crippen molar-refractivity contribution in [3.05, 3.63) is 35.4 Å². The molecule has 106 valence electrons. The number of benzene rings is 1. The lowest BCUT2D eigenvalue weighted by molar-refractivity contribution is -0.137. The lowest BCUT2D eigenvalue weighted by Crippen LogP contribution is -2.29. The van der Waals surface area contributed by atoms with E-state index in [0.29, 0.717) is 0 Å². The SMILES string of the molecule is NC(CC(=O)NCCO)c1cccc(C(F)(F)F)c1. The van der Waals surface area contributed by atoms with Crippen LogP contribution in [-0.2, 0) is 11.0 Å². The third-order valence-electron chi connectivity index (χ3n) is 2.48. The number of carbonyl (C=O) groups excluding carboxylic acids is 1. The van der Waals surface area contributed by atoms with E-state index in [1.54, 1.807) is 0 Å². The van der Waals surface area contributed by atoms with Crippen LogP contribution in [0.4, 0.5) is 13.2 Å². The van der Waals surface area contributed by atoms with E-state index in [2.05, 4.69) is 5.32 Å². The molecule has 0 spiro atoms. The summed E-state index contributed by atoms with van der Waals surface area (Å²) in [5.74, 6) is -0.418. The smallest absolute Gasteiger partial charge is 0.395 e. The summed E-state index contributed by atoms with van der Waals surface area (Å²) < 4.78 is 37.5. The van der Waals surface area contributed by atoms with Crippen LogP contribution >= 0.6 is 0 Å². The first-order chi connectivity index (χ1) is 8.84. The summed E-state index contributed by atoms with van der Waals surface area (Å²) in [6.07, 6.45) is -4.57. The molecule has 4 N–H and O–H groups in total. The zero-order valence-corrected chi connectivity index (χ0v) is 10.1. The molecular formula is C12H15F3N2O2. The highest BCUT2D eigenvalue weighted by Crippen LogP contribution is 2.30. The maximum Gasteiger partial charge on any atom is 0.416 e. The molecule has 19 heavy (non-hydrogen) atoms. The lowest BCUT2D eigenvalue weighted by atomic mass is 10.0. The van der Waals surface area contributed by atoms with Gasteiger partial charge in [-0.1, -0.05) is 12.1 Å². The Labute approximate surface area is 108 Å². The summed E-state index contributed by atoms with van der Waals surface area (Å²) in [5.41, 5.74) is 5.14. The summed E-state index contributed by atoms with van der Waals surface area (Å²) in [7, 11) is 0. The minimum absolute atomic E-state index is 0.0914. The quantitative estimate of drug-likeness (QED) is 0.756. The monoisotopic (exact) mass is 276 g/mol. The summed E-state index contributed by atoms with van der Waals surface area (Å²) >= 11 is 0. The molecule has 0 aliphatic heterocycles. The molecule has 0 bridgehead atoms. The Hall–Kier alpha value is -1.60. The third-order valence-corrected chi connectivity index (χ3v) is 2.48. The van der Waals surface area contributed by atoms with Gasteiger partial charge in [-0.05, 0) is 17.7 Å². The normalized spacial score (nSPS) is 13.1. The van der Waals surface area contributed by atoms with Crippen LogP contribution in [0.2, 0.25) is 0 Å². The van der Waals surface area contributed by atoms with Crippen molar-refractivity contribution in [1.29, 1.82) is 0 Å². The zero-order chi connectivity index (χ0) is 14.5. The van der Waals surface area contributed by atoms with E-state index in [4.69, 9.17) is 10.8 Å². The molecular weight excluding hydrogens is 261 g/mol. The van der Waals surface area contributed by atoms with Gasteiger partial charge in [0.15, 0.2) is 0 Å². The maximum atomic E-state index is 12.5. The van der Waals surface area contributed by atoms with Crippen LogP contribution in [0.25, 0.3) is 0 Å². The van der Waals surface area contributed by atoms with Gasteiger partial charge in [-0.3, -0.25) is 4.79 Å². The highest BCUT2D eigenvalue weighted by atomic mass is 19.4. The highest BCUT2D eigenvalue weighted by Gasteiger charge is 2.30. The Morgan fingerprint density at radius 2 is 2.11 bits per heavy atom. The molecule has 1 unspecified atom stereocenters. The molecule has 0 fully saturated rings. The zero-order valence-electron chi connectivity index (χ0n) is 10.1. The van der Waals surface area contributed by atoms with Gasteiger partial charge >= 0.3 is 6.18 Å². The average Bonchev–Trinajstić information content (AvgIpc) is 2.35. The second kappa shape index (κ2) is 6.53. The first kappa shape index (κ1) is 15.5. The highest BCUT2D eigenvalue weighted by molar-refractivity contribution is 5.76. The Morgan fingerprint density at radius 3 is 2.68 bits per heavy atom.